The standard InChI is InChI=1S/C18H14FN3O2S2/c1-11(23)20-13-3-4-14(15(19)8-13)16-10-26-18(21-16)22-17(24)5-2-12-6-7-25-9-12/h2-10H,1H3,(H,20,23)(H,21,22,24)/b5-2+. The first-order chi connectivity index (χ1) is 12.5. The number of thiazole rings is 1. The van der Waals surface area contributed by atoms with Crippen molar-refractivity contribution in [2.75, 3.05) is 10.6 Å². The summed E-state index contributed by atoms with van der Waals surface area (Å²) in [5.74, 6) is -1.08. The molecular weight excluding hydrogens is 373 g/mol. The Morgan fingerprint density at radius 1 is 1.19 bits per heavy atom. The van der Waals surface area contributed by atoms with Gasteiger partial charge in [-0.1, -0.05) is 0 Å². The van der Waals surface area contributed by atoms with Crippen LogP contribution in [0, 0.1) is 5.82 Å². The number of carbonyl (C=O) groups excluding carboxylic acids is 2. The third-order valence-electron chi connectivity index (χ3n) is 3.27. The van der Waals surface area contributed by atoms with E-state index in [0.29, 0.717) is 22.1 Å². The summed E-state index contributed by atoms with van der Waals surface area (Å²) in [5, 5.41) is 11.1. The van der Waals surface area contributed by atoms with E-state index in [1.54, 1.807) is 28.9 Å². The number of nitrogens with zero attached hydrogens (tertiary/aromatic N) is 1. The third-order valence-corrected chi connectivity index (χ3v) is 4.73. The Hall–Kier alpha value is -2.84. The first kappa shape index (κ1) is 18.0. The number of aromatic nitrogens is 1. The number of nitrogens with one attached hydrogen (secondary N) is 2. The lowest BCUT2D eigenvalue weighted by atomic mass is 10.1. The summed E-state index contributed by atoms with van der Waals surface area (Å²) in [6.07, 6.45) is 3.13. The van der Waals surface area contributed by atoms with E-state index in [1.807, 2.05) is 16.8 Å². The number of thiophene rings is 1. The molecular formula is C18H14FN3O2S2. The van der Waals surface area contributed by atoms with Gasteiger partial charge in [-0.2, -0.15) is 11.3 Å². The molecule has 0 saturated heterocycles. The highest BCUT2D eigenvalue weighted by Crippen LogP contribution is 2.28. The molecule has 0 saturated carbocycles. The number of anilines is 2. The van der Waals surface area contributed by atoms with Gasteiger partial charge in [0.15, 0.2) is 5.13 Å². The summed E-state index contributed by atoms with van der Waals surface area (Å²) in [4.78, 5) is 27.2. The summed E-state index contributed by atoms with van der Waals surface area (Å²) < 4.78 is 14.3. The minimum atomic E-state index is -0.503. The highest BCUT2D eigenvalue weighted by atomic mass is 32.1. The molecule has 0 spiro atoms. The maximum atomic E-state index is 14.3. The van der Waals surface area contributed by atoms with Crippen molar-refractivity contribution in [1.29, 1.82) is 0 Å². The van der Waals surface area contributed by atoms with Crippen LogP contribution in [0.4, 0.5) is 15.2 Å². The van der Waals surface area contributed by atoms with Crippen molar-refractivity contribution in [2.24, 2.45) is 0 Å². The minimum Gasteiger partial charge on any atom is -0.326 e. The van der Waals surface area contributed by atoms with E-state index >= 15 is 0 Å². The van der Waals surface area contributed by atoms with E-state index in [9.17, 15) is 14.0 Å². The van der Waals surface area contributed by atoms with E-state index < -0.39 is 5.82 Å². The Bertz CT molecular complexity index is 965. The predicted molar refractivity (Wildman–Crippen MR) is 104 cm³/mol. The molecule has 26 heavy (non-hydrogen) atoms. The van der Waals surface area contributed by atoms with Crippen LogP contribution in [0.2, 0.25) is 0 Å². The van der Waals surface area contributed by atoms with E-state index in [-0.39, 0.29) is 11.8 Å². The second-order valence-corrected chi connectivity index (χ2v) is 6.93. The second-order valence-electron chi connectivity index (χ2n) is 5.29. The zero-order chi connectivity index (χ0) is 18.5. The summed E-state index contributed by atoms with van der Waals surface area (Å²) >= 11 is 2.76. The van der Waals surface area contributed by atoms with Crippen molar-refractivity contribution >= 4 is 51.4 Å². The Labute approximate surface area is 157 Å². The summed E-state index contributed by atoms with van der Waals surface area (Å²) in [6, 6.07) is 6.28. The average molecular weight is 387 g/mol. The third kappa shape index (κ3) is 4.62. The number of benzene rings is 1. The molecule has 132 valence electrons. The lowest BCUT2D eigenvalue weighted by Crippen LogP contribution is -2.07. The fraction of sp³-hybridized carbons (Fsp3) is 0.0556. The van der Waals surface area contributed by atoms with Gasteiger partial charge >= 0.3 is 0 Å². The number of halogens is 1. The van der Waals surface area contributed by atoms with Crippen molar-refractivity contribution < 1.29 is 14.0 Å². The number of rotatable bonds is 5. The van der Waals surface area contributed by atoms with Crippen LogP contribution in [0.3, 0.4) is 0 Å². The van der Waals surface area contributed by atoms with Gasteiger partial charge in [-0.3, -0.25) is 14.9 Å². The normalized spacial score (nSPS) is 10.8. The SMILES string of the molecule is CC(=O)Nc1ccc(-c2csc(NC(=O)/C=C/c3ccsc3)n2)c(F)c1. The van der Waals surface area contributed by atoms with Crippen LogP contribution in [0.25, 0.3) is 17.3 Å². The van der Waals surface area contributed by atoms with Gasteiger partial charge in [0.25, 0.3) is 0 Å². The highest BCUT2D eigenvalue weighted by molar-refractivity contribution is 7.14. The van der Waals surface area contributed by atoms with Crippen LogP contribution in [-0.4, -0.2) is 16.8 Å². The van der Waals surface area contributed by atoms with Crippen LogP contribution >= 0.6 is 22.7 Å². The first-order valence-corrected chi connectivity index (χ1v) is 9.38. The van der Waals surface area contributed by atoms with Gasteiger partial charge in [-0.05, 0) is 46.7 Å². The Kier molecular flexibility index (Phi) is 5.55. The molecule has 0 fully saturated rings. The molecule has 0 bridgehead atoms. The molecule has 0 aliphatic heterocycles. The number of amides is 2. The van der Waals surface area contributed by atoms with Crippen LogP contribution < -0.4 is 10.6 Å². The zero-order valence-electron chi connectivity index (χ0n) is 13.7. The fourth-order valence-corrected chi connectivity index (χ4v) is 3.49. The first-order valence-electron chi connectivity index (χ1n) is 7.55. The molecule has 0 unspecified atom stereocenters. The molecule has 0 aliphatic rings. The summed E-state index contributed by atoms with van der Waals surface area (Å²) in [6.45, 7) is 1.36. The van der Waals surface area contributed by atoms with Gasteiger partial charge in [-0.25, -0.2) is 9.37 Å². The van der Waals surface area contributed by atoms with Gasteiger partial charge in [0, 0.05) is 29.6 Å². The van der Waals surface area contributed by atoms with Gasteiger partial charge in [0.05, 0.1) is 5.69 Å². The molecule has 0 radical (unpaired) electrons. The summed E-state index contributed by atoms with van der Waals surface area (Å²) in [5.41, 5.74) is 2.04. The summed E-state index contributed by atoms with van der Waals surface area (Å²) in [7, 11) is 0. The predicted octanol–water partition coefficient (Wildman–Crippen LogP) is 4.62. The Morgan fingerprint density at radius 2 is 2.04 bits per heavy atom. The maximum absolute atomic E-state index is 14.3. The van der Waals surface area contributed by atoms with Gasteiger partial charge in [0.2, 0.25) is 11.8 Å². The maximum Gasteiger partial charge on any atom is 0.250 e. The molecule has 0 aliphatic carbocycles. The molecule has 3 aromatic rings. The monoisotopic (exact) mass is 387 g/mol. The van der Waals surface area contributed by atoms with Crippen molar-refractivity contribution in [3.8, 4) is 11.3 Å². The minimum absolute atomic E-state index is 0.272. The number of carbonyl (C=O) groups is 2. The Balaban J connectivity index is 1.69. The van der Waals surface area contributed by atoms with Gasteiger partial charge in [-0.15, -0.1) is 11.3 Å². The number of hydrogen-bond donors (Lipinski definition) is 2. The van der Waals surface area contributed by atoms with Gasteiger partial charge < -0.3 is 5.32 Å². The van der Waals surface area contributed by atoms with Crippen LogP contribution in [0.15, 0.2) is 46.5 Å². The smallest absolute Gasteiger partial charge is 0.250 e. The molecule has 8 heteroatoms. The lowest BCUT2D eigenvalue weighted by Gasteiger charge is -2.04. The van der Waals surface area contributed by atoms with Crippen LogP contribution in [0.5, 0.6) is 0 Å². The Morgan fingerprint density at radius 3 is 2.73 bits per heavy atom. The average Bonchev–Trinajstić information content (AvgIpc) is 3.24. The topological polar surface area (TPSA) is 71.1 Å². The largest absolute Gasteiger partial charge is 0.326 e. The number of hydrogen-bond acceptors (Lipinski definition) is 5. The molecule has 2 aromatic heterocycles. The molecule has 5 nitrogen and oxygen atoms in total. The van der Waals surface area contributed by atoms with Crippen molar-refractivity contribution in [3.05, 3.63) is 57.9 Å². The van der Waals surface area contributed by atoms with E-state index in [4.69, 9.17) is 0 Å². The van der Waals surface area contributed by atoms with E-state index in [0.717, 1.165) is 5.56 Å². The molecule has 0 atom stereocenters. The van der Waals surface area contributed by atoms with E-state index in [2.05, 4.69) is 15.6 Å². The van der Waals surface area contributed by atoms with Crippen LogP contribution in [0.1, 0.15) is 12.5 Å². The zero-order valence-corrected chi connectivity index (χ0v) is 15.3. The molecule has 3 rings (SSSR count). The molecule has 2 N–H and O–H groups in total. The quantitative estimate of drug-likeness (QED) is 0.628. The fourth-order valence-electron chi connectivity index (χ4n) is 2.15. The van der Waals surface area contributed by atoms with E-state index in [1.165, 1.54) is 36.5 Å². The van der Waals surface area contributed by atoms with Crippen molar-refractivity contribution in [3.63, 3.8) is 0 Å². The van der Waals surface area contributed by atoms with Crippen LogP contribution in [-0.2, 0) is 9.59 Å². The van der Waals surface area contributed by atoms with Gasteiger partial charge in [0.1, 0.15) is 5.82 Å². The van der Waals surface area contributed by atoms with Crippen molar-refractivity contribution in [2.45, 2.75) is 6.92 Å². The van der Waals surface area contributed by atoms with Crippen molar-refractivity contribution in [1.82, 2.24) is 4.98 Å². The second kappa shape index (κ2) is 8.03. The molecule has 2 heterocycles. The molecule has 2 amide bonds. The lowest BCUT2D eigenvalue weighted by molar-refractivity contribution is -0.114. The molecule has 1 aromatic carbocycles. The highest BCUT2D eigenvalue weighted by Gasteiger charge is 2.11.